The number of hydrogen-bond acceptors (Lipinski definition) is 5. The molecule has 6 nitrogen and oxygen atoms in total. The predicted molar refractivity (Wildman–Crippen MR) is 104 cm³/mol. The zero-order chi connectivity index (χ0) is 20.4. The second-order valence-corrected chi connectivity index (χ2v) is 7.95. The normalized spacial score (nSPS) is 26.8. The summed E-state index contributed by atoms with van der Waals surface area (Å²) in [7, 11) is 0. The Morgan fingerprint density at radius 3 is 2.66 bits per heavy atom. The number of imidazole rings is 1. The van der Waals surface area contributed by atoms with E-state index >= 15 is 0 Å². The quantitative estimate of drug-likeness (QED) is 0.802. The van der Waals surface area contributed by atoms with Crippen LogP contribution in [0, 0.1) is 18.6 Å². The first kappa shape index (κ1) is 20.4. The molecule has 0 bridgehead atoms. The number of rotatable bonds is 2. The van der Waals surface area contributed by atoms with Gasteiger partial charge in [0.05, 0.1) is 18.0 Å². The first-order valence-corrected chi connectivity index (χ1v) is 10.2. The molecule has 158 valence electrons. The second kappa shape index (κ2) is 8.87. The Balaban J connectivity index is 0.000000359. The van der Waals surface area contributed by atoms with Crippen LogP contribution in [0.4, 0.5) is 8.78 Å². The maximum Gasteiger partial charge on any atom is 0.129 e. The lowest BCUT2D eigenvalue weighted by molar-refractivity contribution is -0.0534. The maximum atomic E-state index is 14.0. The number of H-pyrrole nitrogens is 1. The SMILES string of the molecule is C1CCOC1.Cc1nc2c([nH]1)CN(C1CO[C@H](c3cc(F)ccc3F)C(N)C1)C2. The minimum atomic E-state index is -0.613. The van der Waals surface area contributed by atoms with Crippen LogP contribution in [0.5, 0.6) is 0 Å². The van der Waals surface area contributed by atoms with E-state index in [-0.39, 0.29) is 17.6 Å². The van der Waals surface area contributed by atoms with Gasteiger partial charge in [0.25, 0.3) is 0 Å². The highest BCUT2D eigenvalue weighted by Gasteiger charge is 2.37. The summed E-state index contributed by atoms with van der Waals surface area (Å²) < 4.78 is 38.2. The standard InChI is InChI=1S/C17H20F2N4O.C4H8O/c1-9-21-15-6-23(7-16(15)22-9)11-5-14(20)17(24-8-11)12-4-10(18)2-3-13(12)19;1-2-4-5-3-1/h2-4,11,14,17H,5-8,20H2,1H3,(H,21,22);1-4H2/t11?,14?,17-;/m1./s1. The van der Waals surface area contributed by atoms with Crippen LogP contribution >= 0.6 is 0 Å². The highest BCUT2D eigenvalue weighted by Crippen LogP contribution is 2.33. The molecule has 0 amide bonds. The molecule has 2 fully saturated rings. The van der Waals surface area contributed by atoms with Gasteiger partial charge in [0.15, 0.2) is 0 Å². The molecule has 29 heavy (non-hydrogen) atoms. The van der Waals surface area contributed by atoms with Crippen LogP contribution in [0.2, 0.25) is 0 Å². The van der Waals surface area contributed by atoms with E-state index in [1.807, 2.05) is 6.92 Å². The number of nitrogens with one attached hydrogen (secondary N) is 1. The van der Waals surface area contributed by atoms with Crippen molar-refractivity contribution in [1.29, 1.82) is 0 Å². The monoisotopic (exact) mass is 406 g/mol. The van der Waals surface area contributed by atoms with Crippen molar-refractivity contribution in [3.05, 3.63) is 52.6 Å². The van der Waals surface area contributed by atoms with Gasteiger partial charge in [-0.25, -0.2) is 13.8 Å². The van der Waals surface area contributed by atoms with Crippen LogP contribution in [-0.4, -0.2) is 46.8 Å². The van der Waals surface area contributed by atoms with Crippen molar-refractivity contribution in [2.24, 2.45) is 5.73 Å². The number of aromatic amines is 1. The molecule has 1 aromatic heterocycles. The van der Waals surface area contributed by atoms with Gasteiger partial charge in [0, 0.05) is 44.0 Å². The molecule has 0 spiro atoms. The fourth-order valence-electron chi connectivity index (χ4n) is 4.22. The zero-order valence-corrected chi connectivity index (χ0v) is 16.7. The molecule has 3 N–H and O–H groups in total. The molecule has 0 radical (unpaired) electrons. The molecule has 0 saturated carbocycles. The van der Waals surface area contributed by atoms with Crippen LogP contribution in [0.15, 0.2) is 18.2 Å². The lowest BCUT2D eigenvalue weighted by Crippen LogP contribution is -2.47. The third-order valence-corrected chi connectivity index (χ3v) is 5.71. The van der Waals surface area contributed by atoms with E-state index in [4.69, 9.17) is 15.2 Å². The molecule has 3 atom stereocenters. The Morgan fingerprint density at radius 2 is 2.00 bits per heavy atom. The first-order valence-electron chi connectivity index (χ1n) is 10.2. The van der Waals surface area contributed by atoms with Gasteiger partial charge in [-0.15, -0.1) is 0 Å². The Kier molecular flexibility index (Phi) is 6.24. The Bertz CT molecular complexity index is 809. The lowest BCUT2D eigenvalue weighted by Gasteiger charge is -2.38. The smallest absolute Gasteiger partial charge is 0.129 e. The average molecular weight is 406 g/mol. The number of aromatic nitrogens is 2. The molecule has 3 aliphatic rings. The van der Waals surface area contributed by atoms with Crippen molar-refractivity contribution in [3.8, 4) is 0 Å². The van der Waals surface area contributed by atoms with Crippen LogP contribution in [0.25, 0.3) is 0 Å². The van der Waals surface area contributed by atoms with Crippen molar-refractivity contribution >= 4 is 0 Å². The molecule has 4 heterocycles. The van der Waals surface area contributed by atoms with Crippen molar-refractivity contribution in [1.82, 2.24) is 14.9 Å². The summed E-state index contributed by atoms with van der Waals surface area (Å²) in [4.78, 5) is 10.0. The molecule has 5 rings (SSSR count). The predicted octanol–water partition coefficient (Wildman–Crippen LogP) is 2.97. The van der Waals surface area contributed by atoms with Gasteiger partial charge in [-0.2, -0.15) is 0 Å². The number of nitrogens with zero attached hydrogens (tertiary/aromatic N) is 2. The number of ether oxygens (including phenoxy) is 2. The van der Waals surface area contributed by atoms with E-state index in [0.717, 1.165) is 55.6 Å². The van der Waals surface area contributed by atoms with E-state index in [9.17, 15) is 8.78 Å². The summed E-state index contributed by atoms with van der Waals surface area (Å²) in [6, 6.07) is 3.16. The largest absolute Gasteiger partial charge is 0.381 e. The van der Waals surface area contributed by atoms with Crippen molar-refractivity contribution in [2.75, 3.05) is 19.8 Å². The van der Waals surface area contributed by atoms with E-state index in [1.54, 1.807) is 0 Å². The number of halogens is 2. The minimum Gasteiger partial charge on any atom is -0.381 e. The zero-order valence-electron chi connectivity index (χ0n) is 16.7. The fourth-order valence-corrected chi connectivity index (χ4v) is 4.22. The number of fused-ring (bicyclic) bond motifs is 1. The van der Waals surface area contributed by atoms with Gasteiger partial charge >= 0.3 is 0 Å². The fraction of sp³-hybridized carbons (Fsp3) is 0.571. The van der Waals surface area contributed by atoms with Crippen molar-refractivity contribution in [2.45, 2.75) is 57.5 Å². The van der Waals surface area contributed by atoms with E-state index in [1.165, 1.54) is 18.9 Å². The van der Waals surface area contributed by atoms with Gasteiger partial charge < -0.3 is 20.2 Å². The topological polar surface area (TPSA) is 76.4 Å². The molecule has 2 saturated heterocycles. The highest BCUT2D eigenvalue weighted by molar-refractivity contribution is 5.24. The van der Waals surface area contributed by atoms with Crippen molar-refractivity contribution < 1.29 is 18.3 Å². The third kappa shape index (κ3) is 4.66. The lowest BCUT2D eigenvalue weighted by atomic mass is 9.93. The molecule has 8 heteroatoms. The van der Waals surface area contributed by atoms with E-state index in [0.29, 0.717) is 13.0 Å². The molecular weight excluding hydrogens is 378 g/mol. The summed E-state index contributed by atoms with van der Waals surface area (Å²) >= 11 is 0. The maximum absolute atomic E-state index is 14.0. The third-order valence-electron chi connectivity index (χ3n) is 5.71. The number of aryl methyl sites for hydroxylation is 1. The molecule has 3 aliphatic heterocycles. The number of benzene rings is 1. The highest BCUT2D eigenvalue weighted by atomic mass is 19.1. The van der Waals surface area contributed by atoms with E-state index in [2.05, 4.69) is 14.9 Å². The van der Waals surface area contributed by atoms with Crippen molar-refractivity contribution in [3.63, 3.8) is 0 Å². The molecule has 1 aromatic carbocycles. The molecule has 0 aliphatic carbocycles. The van der Waals surface area contributed by atoms with Crippen LogP contribution < -0.4 is 5.73 Å². The Labute approximate surface area is 169 Å². The first-order chi connectivity index (χ1) is 14.0. The van der Waals surface area contributed by atoms with Crippen LogP contribution in [0.3, 0.4) is 0 Å². The Hall–Kier alpha value is -1.87. The van der Waals surface area contributed by atoms with Gasteiger partial charge in [0.1, 0.15) is 23.6 Å². The van der Waals surface area contributed by atoms with Gasteiger partial charge in [0.2, 0.25) is 0 Å². The average Bonchev–Trinajstić information content (AvgIpc) is 3.42. The second-order valence-electron chi connectivity index (χ2n) is 7.95. The van der Waals surface area contributed by atoms with E-state index < -0.39 is 17.7 Å². The molecule has 2 aromatic rings. The van der Waals surface area contributed by atoms with Gasteiger partial charge in [-0.05, 0) is 44.4 Å². The molecular formula is C21H28F2N4O2. The van der Waals surface area contributed by atoms with Crippen LogP contribution in [0.1, 0.15) is 48.1 Å². The van der Waals surface area contributed by atoms with Crippen LogP contribution in [-0.2, 0) is 22.6 Å². The summed E-state index contributed by atoms with van der Waals surface area (Å²) in [6.45, 7) is 5.94. The summed E-state index contributed by atoms with van der Waals surface area (Å²) in [5.41, 5.74) is 8.63. The summed E-state index contributed by atoms with van der Waals surface area (Å²) in [5.74, 6) is -0.0344. The molecule has 2 unspecified atom stereocenters. The van der Waals surface area contributed by atoms with Gasteiger partial charge in [-0.3, -0.25) is 4.90 Å². The minimum absolute atomic E-state index is 0.149. The number of hydrogen-bond donors (Lipinski definition) is 2. The summed E-state index contributed by atoms with van der Waals surface area (Å²) in [6.07, 6.45) is 2.61. The van der Waals surface area contributed by atoms with Gasteiger partial charge in [-0.1, -0.05) is 0 Å². The number of nitrogens with two attached hydrogens (primary N) is 1. The summed E-state index contributed by atoms with van der Waals surface area (Å²) in [5, 5.41) is 0. The Morgan fingerprint density at radius 1 is 1.21 bits per heavy atom.